The normalized spacial score (nSPS) is 20.9. The van der Waals surface area contributed by atoms with Crippen LogP contribution in [0.1, 0.15) is 37.8 Å². The van der Waals surface area contributed by atoms with E-state index >= 15 is 0 Å². The Morgan fingerprint density at radius 1 is 0.957 bits per heavy atom. The molecule has 0 saturated heterocycles. The van der Waals surface area contributed by atoms with E-state index < -0.39 is 0 Å². The Bertz CT molecular complexity index is 803. The van der Waals surface area contributed by atoms with Gasteiger partial charge in [-0.2, -0.15) is 0 Å². The molecule has 114 valence electrons. The summed E-state index contributed by atoms with van der Waals surface area (Å²) in [5.41, 5.74) is 3.75. The number of ketones is 1. The summed E-state index contributed by atoms with van der Waals surface area (Å²) in [5, 5.41) is 0. The topological polar surface area (TPSA) is 17.1 Å². The van der Waals surface area contributed by atoms with E-state index in [0.29, 0.717) is 6.42 Å². The van der Waals surface area contributed by atoms with Gasteiger partial charge in [-0.05, 0) is 49.1 Å². The first kappa shape index (κ1) is 15.3. The van der Waals surface area contributed by atoms with E-state index in [1.54, 1.807) is 0 Å². The van der Waals surface area contributed by atoms with Crippen LogP contribution in [0.5, 0.6) is 0 Å². The van der Waals surface area contributed by atoms with Crippen molar-refractivity contribution in [3.8, 4) is 11.8 Å². The lowest BCUT2D eigenvalue weighted by molar-refractivity contribution is -0.116. The minimum atomic E-state index is -0.296. The molecule has 1 nitrogen and oxygen atoms in total. The van der Waals surface area contributed by atoms with Gasteiger partial charge in [0.05, 0.1) is 5.41 Å². The number of Topliss-reactive ketones (excluding diaryl/α,β-unsaturated/α-hetero) is 1. The number of carbonyl (C=O) groups is 1. The molecule has 0 bridgehead atoms. The molecule has 0 fully saturated rings. The van der Waals surface area contributed by atoms with E-state index in [9.17, 15) is 4.79 Å². The van der Waals surface area contributed by atoms with Crippen LogP contribution in [0.15, 0.2) is 66.2 Å². The molecule has 1 aliphatic carbocycles. The first-order valence-electron chi connectivity index (χ1n) is 7.98. The molecule has 1 atom stereocenters. The van der Waals surface area contributed by atoms with Gasteiger partial charge in [-0.25, -0.2) is 0 Å². The fourth-order valence-corrected chi connectivity index (χ4v) is 3.23. The minimum Gasteiger partial charge on any atom is -0.295 e. The average Bonchev–Trinajstić information content (AvgIpc) is 2.59. The number of benzene rings is 2. The maximum absolute atomic E-state index is 12.2. The highest BCUT2D eigenvalue weighted by atomic mass is 16.1. The van der Waals surface area contributed by atoms with Crippen LogP contribution in [-0.4, -0.2) is 5.78 Å². The summed E-state index contributed by atoms with van der Waals surface area (Å²) in [7, 11) is 0. The number of allylic oxidation sites excluding steroid dienone is 2. The Labute approximate surface area is 138 Å². The molecule has 1 heteroatoms. The molecule has 3 rings (SSSR count). The van der Waals surface area contributed by atoms with Crippen molar-refractivity contribution < 1.29 is 4.79 Å². The van der Waals surface area contributed by atoms with Gasteiger partial charge >= 0.3 is 0 Å². The van der Waals surface area contributed by atoms with E-state index in [0.717, 1.165) is 28.7 Å². The maximum Gasteiger partial charge on any atom is 0.158 e. The van der Waals surface area contributed by atoms with Crippen LogP contribution in [0.2, 0.25) is 0 Å². The average molecular weight is 300 g/mol. The van der Waals surface area contributed by atoms with Crippen molar-refractivity contribution in [2.75, 3.05) is 0 Å². The highest BCUT2D eigenvalue weighted by Gasteiger charge is 2.35. The smallest absolute Gasteiger partial charge is 0.158 e. The number of rotatable bonds is 1. The second-order valence-electron chi connectivity index (χ2n) is 6.24. The van der Waals surface area contributed by atoms with E-state index in [1.807, 2.05) is 55.5 Å². The fraction of sp³-hybridized carbons (Fsp3) is 0.227. The van der Waals surface area contributed by atoms with Crippen molar-refractivity contribution in [3.63, 3.8) is 0 Å². The lowest BCUT2D eigenvalue weighted by Crippen LogP contribution is -2.26. The van der Waals surface area contributed by atoms with Crippen molar-refractivity contribution in [2.45, 2.75) is 26.7 Å². The van der Waals surface area contributed by atoms with E-state index in [-0.39, 0.29) is 11.2 Å². The quantitative estimate of drug-likeness (QED) is 0.686. The number of carbonyl (C=O) groups excluding carboxylic acids is 1. The van der Waals surface area contributed by atoms with Gasteiger partial charge in [-0.3, -0.25) is 4.79 Å². The molecule has 0 spiro atoms. The van der Waals surface area contributed by atoms with Gasteiger partial charge in [-0.1, -0.05) is 60.4 Å². The molecule has 0 saturated carbocycles. The molecule has 23 heavy (non-hydrogen) atoms. The standard InChI is InChI=1S/C22H20O/c1-17-20(23)14-16-22(2,15-13-18-9-5-3-6-10-18)21(17)19-11-7-4-8-12-19/h3-12H,14,16H2,1-2H3. The van der Waals surface area contributed by atoms with Crippen LogP contribution < -0.4 is 0 Å². The highest BCUT2D eigenvalue weighted by molar-refractivity contribution is 6.05. The zero-order valence-corrected chi connectivity index (χ0v) is 13.6. The summed E-state index contributed by atoms with van der Waals surface area (Å²) in [4.78, 5) is 12.2. The minimum absolute atomic E-state index is 0.239. The third kappa shape index (κ3) is 3.12. The summed E-state index contributed by atoms with van der Waals surface area (Å²) in [6.45, 7) is 4.09. The molecule has 2 aromatic carbocycles. The summed E-state index contributed by atoms with van der Waals surface area (Å²) in [6.07, 6.45) is 1.34. The van der Waals surface area contributed by atoms with Gasteiger partial charge in [-0.15, -0.1) is 0 Å². The first-order valence-corrected chi connectivity index (χ1v) is 7.98. The molecule has 0 radical (unpaired) electrons. The Morgan fingerprint density at radius 3 is 2.22 bits per heavy atom. The fourth-order valence-electron chi connectivity index (χ4n) is 3.23. The molecule has 0 aliphatic heterocycles. The molecule has 2 aromatic rings. The van der Waals surface area contributed by atoms with Crippen LogP contribution in [0, 0.1) is 17.3 Å². The van der Waals surface area contributed by atoms with Crippen LogP contribution in [0.25, 0.3) is 5.57 Å². The Hall–Kier alpha value is -2.59. The zero-order chi connectivity index (χ0) is 16.3. The molecule has 0 aromatic heterocycles. The molecular formula is C22H20O. The second-order valence-corrected chi connectivity index (χ2v) is 6.24. The molecule has 1 unspecified atom stereocenters. The summed E-state index contributed by atoms with van der Waals surface area (Å²) >= 11 is 0. The Kier molecular flexibility index (Phi) is 4.17. The number of hydrogen-bond acceptors (Lipinski definition) is 1. The van der Waals surface area contributed by atoms with Crippen LogP contribution in [-0.2, 0) is 4.79 Å². The summed E-state index contributed by atoms with van der Waals surface area (Å²) in [5.74, 6) is 6.99. The van der Waals surface area contributed by atoms with Gasteiger partial charge in [0.25, 0.3) is 0 Å². The van der Waals surface area contributed by atoms with E-state index in [4.69, 9.17) is 0 Å². The summed E-state index contributed by atoms with van der Waals surface area (Å²) < 4.78 is 0. The Morgan fingerprint density at radius 2 is 1.57 bits per heavy atom. The highest BCUT2D eigenvalue weighted by Crippen LogP contribution is 2.44. The van der Waals surface area contributed by atoms with Crippen molar-refractivity contribution >= 4 is 11.4 Å². The predicted molar refractivity (Wildman–Crippen MR) is 94.7 cm³/mol. The van der Waals surface area contributed by atoms with Crippen molar-refractivity contribution in [3.05, 3.63) is 77.4 Å². The lowest BCUT2D eigenvalue weighted by atomic mass is 9.69. The van der Waals surface area contributed by atoms with Gasteiger partial charge in [0.1, 0.15) is 0 Å². The van der Waals surface area contributed by atoms with Crippen molar-refractivity contribution in [1.29, 1.82) is 0 Å². The SMILES string of the molecule is CC1=C(c2ccccc2)C(C)(C#Cc2ccccc2)CCC1=O. The molecule has 1 aliphatic rings. The Balaban J connectivity index is 2.10. The molecular weight excluding hydrogens is 280 g/mol. The summed E-state index contributed by atoms with van der Waals surface area (Å²) in [6, 6.07) is 20.2. The third-order valence-corrected chi connectivity index (χ3v) is 4.52. The van der Waals surface area contributed by atoms with Crippen LogP contribution >= 0.6 is 0 Å². The maximum atomic E-state index is 12.2. The van der Waals surface area contributed by atoms with Gasteiger partial charge in [0.15, 0.2) is 5.78 Å². The monoisotopic (exact) mass is 300 g/mol. The van der Waals surface area contributed by atoms with Crippen LogP contribution in [0.3, 0.4) is 0 Å². The van der Waals surface area contributed by atoms with Gasteiger partial charge in [0, 0.05) is 12.0 Å². The van der Waals surface area contributed by atoms with Gasteiger partial charge in [0.2, 0.25) is 0 Å². The molecule has 0 N–H and O–H groups in total. The largest absolute Gasteiger partial charge is 0.295 e. The molecule has 0 heterocycles. The van der Waals surface area contributed by atoms with Crippen molar-refractivity contribution in [2.24, 2.45) is 5.41 Å². The number of hydrogen-bond donors (Lipinski definition) is 0. The lowest BCUT2D eigenvalue weighted by Gasteiger charge is -2.33. The van der Waals surface area contributed by atoms with E-state index in [1.165, 1.54) is 0 Å². The zero-order valence-electron chi connectivity index (χ0n) is 13.6. The second kappa shape index (κ2) is 6.26. The van der Waals surface area contributed by atoms with Gasteiger partial charge < -0.3 is 0 Å². The predicted octanol–water partition coefficient (Wildman–Crippen LogP) is 4.88. The molecule has 0 amide bonds. The third-order valence-electron chi connectivity index (χ3n) is 4.52. The van der Waals surface area contributed by atoms with Crippen LogP contribution in [0.4, 0.5) is 0 Å². The first-order chi connectivity index (χ1) is 11.1. The van der Waals surface area contributed by atoms with Crippen molar-refractivity contribution in [1.82, 2.24) is 0 Å². The van der Waals surface area contributed by atoms with E-state index in [2.05, 4.69) is 30.9 Å².